The summed E-state index contributed by atoms with van der Waals surface area (Å²) in [5.74, 6) is 1.77. The van der Waals surface area contributed by atoms with Crippen molar-refractivity contribution in [3.8, 4) is 11.4 Å². The summed E-state index contributed by atoms with van der Waals surface area (Å²) < 4.78 is 23.9. The summed E-state index contributed by atoms with van der Waals surface area (Å²) in [5.41, 5.74) is 4.46. The molecule has 5 aromatic rings. The molecule has 0 unspecified atom stereocenters. The highest BCUT2D eigenvalue weighted by molar-refractivity contribution is 7.90. The third kappa shape index (κ3) is 3.26. The second-order valence-corrected chi connectivity index (χ2v) is 9.02. The maximum Gasteiger partial charge on any atom is 0.175 e. The molecule has 0 aliphatic carbocycles. The minimum absolute atomic E-state index is 0.213. The van der Waals surface area contributed by atoms with Gasteiger partial charge >= 0.3 is 0 Å². The van der Waals surface area contributed by atoms with Gasteiger partial charge in [-0.25, -0.2) is 23.4 Å². The molecule has 0 aliphatic heterocycles. The number of hydrogen-bond donors (Lipinski definition) is 3. The topological polar surface area (TPSA) is 129 Å². The number of nitrogens with one attached hydrogen (secondary N) is 3. The van der Waals surface area contributed by atoms with Gasteiger partial charge in [-0.15, -0.1) is 0 Å². The van der Waals surface area contributed by atoms with E-state index in [-0.39, 0.29) is 4.90 Å². The van der Waals surface area contributed by atoms with Crippen LogP contribution in [0.4, 0.5) is 11.5 Å². The lowest BCUT2D eigenvalue weighted by molar-refractivity contribution is 0.602. The van der Waals surface area contributed by atoms with Gasteiger partial charge in [0.25, 0.3) is 0 Å². The molecule has 10 heteroatoms. The molecule has 0 saturated carbocycles. The second kappa shape index (κ2) is 6.63. The van der Waals surface area contributed by atoms with Gasteiger partial charge in [0.05, 0.1) is 22.1 Å². The van der Waals surface area contributed by atoms with Gasteiger partial charge in [-0.3, -0.25) is 5.10 Å². The van der Waals surface area contributed by atoms with E-state index in [0.29, 0.717) is 28.2 Å². The number of aromatic nitrogens is 6. The predicted molar refractivity (Wildman–Crippen MR) is 114 cm³/mol. The lowest BCUT2D eigenvalue weighted by atomic mass is 10.2. The Labute approximate surface area is 171 Å². The van der Waals surface area contributed by atoms with Crippen molar-refractivity contribution >= 4 is 43.4 Å². The lowest BCUT2D eigenvalue weighted by Gasteiger charge is -2.09. The Balaban J connectivity index is 1.61. The Morgan fingerprint density at radius 2 is 1.87 bits per heavy atom. The summed E-state index contributed by atoms with van der Waals surface area (Å²) in [6.45, 7) is 1.91. The molecule has 0 saturated heterocycles. The Bertz CT molecular complexity index is 1520. The predicted octanol–water partition coefficient (Wildman–Crippen LogP) is 3.35. The molecule has 30 heavy (non-hydrogen) atoms. The van der Waals surface area contributed by atoms with Crippen LogP contribution >= 0.6 is 0 Å². The van der Waals surface area contributed by atoms with Crippen molar-refractivity contribution in [3.05, 3.63) is 54.5 Å². The van der Waals surface area contributed by atoms with Crippen LogP contribution in [-0.2, 0) is 9.84 Å². The molecule has 3 N–H and O–H groups in total. The minimum atomic E-state index is -3.34. The van der Waals surface area contributed by atoms with E-state index in [1.165, 1.54) is 6.26 Å². The van der Waals surface area contributed by atoms with E-state index in [1.807, 2.05) is 25.1 Å². The minimum Gasteiger partial charge on any atom is -0.342 e. The Hall–Kier alpha value is -3.79. The van der Waals surface area contributed by atoms with Crippen molar-refractivity contribution in [2.45, 2.75) is 11.8 Å². The van der Waals surface area contributed by atoms with Gasteiger partial charge in [-0.1, -0.05) is 12.1 Å². The Kier molecular flexibility index (Phi) is 4.03. The molecule has 0 aliphatic rings. The van der Waals surface area contributed by atoms with Crippen molar-refractivity contribution in [1.82, 2.24) is 30.1 Å². The number of anilines is 2. The fraction of sp³-hybridized carbons (Fsp3) is 0.100. The summed E-state index contributed by atoms with van der Waals surface area (Å²) in [6.07, 6.45) is 2.78. The quantitative estimate of drug-likeness (QED) is 0.407. The maximum absolute atomic E-state index is 11.9. The molecule has 0 atom stereocenters. The van der Waals surface area contributed by atoms with Crippen LogP contribution in [0.1, 0.15) is 5.82 Å². The van der Waals surface area contributed by atoms with Crippen molar-refractivity contribution in [1.29, 1.82) is 0 Å². The third-order valence-electron chi connectivity index (χ3n) is 4.68. The highest BCUT2D eigenvalue weighted by Gasteiger charge is 2.14. The summed E-state index contributed by atoms with van der Waals surface area (Å²) in [6, 6.07) is 12.4. The van der Waals surface area contributed by atoms with Gasteiger partial charge in [0.15, 0.2) is 21.5 Å². The molecule has 150 valence electrons. The number of aromatic amines is 2. The van der Waals surface area contributed by atoms with Crippen LogP contribution < -0.4 is 5.32 Å². The molecule has 0 bridgehead atoms. The van der Waals surface area contributed by atoms with Crippen molar-refractivity contribution in [2.24, 2.45) is 0 Å². The van der Waals surface area contributed by atoms with Crippen LogP contribution in [0, 0.1) is 6.92 Å². The maximum atomic E-state index is 11.9. The van der Waals surface area contributed by atoms with Crippen LogP contribution in [0.15, 0.2) is 53.6 Å². The van der Waals surface area contributed by atoms with Gasteiger partial charge < -0.3 is 10.3 Å². The van der Waals surface area contributed by atoms with Crippen LogP contribution in [0.2, 0.25) is 0 Å². The number of aryl methyl sites for hydroxylation is 1. The molecule has 0 spiro atoms. The number of hydrogen-bond acceptors (Lipinski definition) is 7. The smallest absolute Gasteiger partial charge is 0.175 e. The van der Waals surface area contributed by atoms with Gasteiger partial charge in [0.1, 0.15) is 16.9 Å². The van der Waals surface area contributed by atoms with E-state index in [4.69, 9.17) is 0 Å². The molecule has 3 aromatic heterocycles. The highest BCUT2D eigenvalue weighted by Crippen LogP contribution is 2.28. The standard InChI is InChI=1S/C20H17N7O2S/c1-11-22-15-7-6-13(9-16(15)23-11)24-20-18-17(10-21-27-18)25-19(26-20)12-4-3-5-14(8-12)30(2,28)29/h3-10H,1-2H3,(H,21,27)(H,22,23)(H,24,25,26). The van der Waals surface area contributed by atoms with E-state index in [1.54, 1.807) is 30.5 Å². The molecule has 0 amide bonds. The summed E-state index contributed by atoms with van der Waals surface area (Å²) in [7, 11) is -3.34. The third-order valence-corrected chi connectivity index (χ3v) is 5.80. The molecule has 0 fully saturated rings. The first-order valence-electron chi connectivity index (χ1n) is 9.12. The van der Waals surface area contributed by atoms with E-state index in [9.17, 15) is 8.42 Å². The zero-order valence-electron chi connectivity index (χ0n) is 16.1. The van der Waals surface area contributed by atoms with Gasteiger partial charge in [-0.2, -0.15) is 5.10 Å². The van der Waals surface area contributed by atoms with Crippen LogP contribution in [0.5, 0.6) is 0 Å². The summed E-state index contributed by atoms with van der Waals surface area (Å²) in [4.78, 5) is 17.0. The van der Waals surface area contributed by atoms with Crippen molar-refractivity contribution in [3.63, 3.8) is 0 Å². The number of imidazole rings is 1. The first-order valence-corrected chi connectivity index (χ1v) is 11.0. The van der Waals surface area contributed by atoms with E-state index >= 15 is 0 Å². The molecule has 9 nitrogen and oxygen atoms in total. The van der Waals surface area contributed by atoms with Crippen molar-refractivity contribution < 1.29 is 8.42 Å². The molecular formula is C20H17N7O2S. The average molecular weight is 419 g/mol. The SMILES string of the molecule is Cc1nc2cc(Nc3nc(-c4cccc(S(C)(=O)=O)c4)nc4cn[nH]c34)ccc2[nH]1. The summed E-state index contributed by atoms with van der Waals surface area (Å²) >= 11 is 0. The molecule has 5 rings (SSSR count). The number of H-pyrrole nitrogens is 2. The van der Waals surface area contributed by atoms with E-state index < -0.39 is 9.84 Å². The van der Waals surface area contributed by atoms with Crippen LogP contribution in [0.3, 0.4) is 0 Å². The number of benzene rings is 2. The van der Waals surface area contributed by atoms with E-state index in [0.717, 1.165) is 22.5 Å². The fourth-order valence-corrected chi connectivity index (χ4v) is 3.94. The molecular weight excluding hydrogens is 402 g/mol. The first-order chi connectivity index (χ1) is 14.4. The van der Waals surface area contributed by atoms with E-state index in [2.05, 4.69) is 35.5 Å². The van der Waals surface area contributed by atoms with Gasteiger partial charge in [-0.05, 0) is 37.3 Å². The Morgan fingerprint density at radius 1 is 1.00 bits per heavy atom. The molecule has 2 aromatic carbocycles. The highest BCUT2D eigenvalue weighted by atomic mass is 32.2. The van der Waals surface area contributed by atoms with Gasteiger partial charge in [0.2, 0.25) is 0 Å². The normalized spacial score (nSPS) is 11.9. The second-order valence-electron chi connectivity index (χ2n) is 7.01. The van der Waals surface area contributed by atoms with Crippen molar-refractivity contribution in [2.75, 3.05) is 11.6 Å². The summed E-state index contributed by atoms with van der Waals surface area (Å²) in [5, 5.41) is 10.3. The number of nitrogens with zero attached hydrogens (tertiary/aromatic N) is 4. The van der Waals surface area contributed by atoms with Crippen LogP contribution in [0.25, 0.3) is 33.5 Å². The Morgan fingerprint density at radius 3 is 2.70 bits per heavy atom. The lowest BCUT2D eigenvalue weighted by Crippen LogP contribution is -2.00. The van der Waals surface area contributed by atoms with Crippen LogP contribution in [-0.4, -0.2) is 44.8 Å². The number of sulfone groups is 1. The molecule has 0 radical (unpaired) electrons. The van der Waals surface area contributed by atoms with Gasteiger partial charge in [0, 0.05) is 17.5 Å². The zero-order valence-corrected chi connectivity index (χ0v) is 16.9. The molecule has 3 heterocycles. The average Bonchev–Trinajstić information content (AvgIpc) is 3.32. The monoisotopic (exact) mass is 419 g/mol. The zero-order chi connectivity index (χ0) is 20.9. The number of fused-ring (bicyclic) bond motifs is 2. The first kappa shape index (κ1) is 18.3. The largest absolute Gasteiger partial charge is 0.342 e. The number of rotatable bonds is 4. The fourth-order valence-electron chi connectivity index (χ4n) is 3.27.